The van der Waals surface area contributed by atoms with E-state index in [9.17, 15) is 8.42 Å². The molecule has 0 radical (unpaired) electrons. The fourth-order valence-electron chi connectivity index (χ4n) is 2.60. The molecule has 1 aliphatic heterocycles. The summed E-state index contributed by atoms with van der Waals surface area (Å²) < 4.78 is 26.8. The van der Waals surface area contributed by atoms with Gasteiger partial charge in [0.1, 0.15) is 0 Å². The Kier molecular flexibility index (Phi) is 4.65. The van der Waals surface area contributed by atoms with Crippen molar-refractivity contribution in [3.8, 4) is 0 Å². The van der Waals surface area contributed by atoms with Gasteiger partial charge in [-0.3, -0.25) is 0 Å². The lowest BCUT2D eigenvalue weighted by atomic mass is 10.2. The molecule has 1 aromatic heterocycles. The second-order valence-electron chi connectivity index (χ2n) is 4.96. The van der Waals surface area contributed by atoms with E-state index in [4.69, 9.17) is 0 Å². The molecule has 1 aromatic rings. The van der Waals surface area contributed by atoms with Crippen molar-refractivity contribution < 1.29 is 8.42 Å². The van der Waals surface area contributed by atoms with Gasteiger partial charge in [-0.25, -0.2) is 8.42 Å². The number of aromatic nitrogens is 1. The van der Waals surface area contributed by atoms with E-state index < -0.39 is 10.0 Å². The third-order valence-corrected chi connectivity index (χ3v) is 5.61. The number of sulfonamides is 1. The molecule has 0 aromatic carbocycles. The molecular formula is C13H23N3O2S. The summed E-state index contributed by atoms with van der Waals surface area (Å²) in [5.41, 5.74) is 0.910. The SMILES string of the molecule is CCNCc1cc(S(=O)(=O)N2CCCC2CC)c[nH]1. The summed E-state index contributed by atoms with van der Waals surface area (Å²) in [6.07, 6.45) is 4.43. The van der Waals surface area contributed by atoms with E-state index in [1.807, 2.05) is 13.8 Å². The highest BCUT2D eigenvalue weighted by molar-refractivity contribution is 7.89. The molecule has 19 heavy (non-hydrogen) atoms. The maximum atomic E-state index is 12.6. The minimum absolute atomic E-state index is 0.164. The minimum Gasteiger partial charge on any atom is -0.363 e. The molecule has 6 heteroatoms. The second kappa shape index (κ2) is 6.07. The first-order valence-electron chi connectivity index (χ1n) is 6.99. The van der Waals surface area contributed by atoms with Crippen LogP contribution in [0, 0.1) is 0 Å². The zero-order valence-electron chi connectivity index (χ0n) is 11.6. The third kappa shape index (κ3) is 3.01. The van der Waals surface area contributed by atoms with Gasteiger partial charge in [0.05, 0.1) is 4.90 Å². The highest BCUT2D eigenvalue weighted by atomic mass is 32.2. The van der Waals surface area contributed by atoms with Crippen LogP contribution in [-0.4, -0.2) is 36.8 Å². The highest BCUT2D eigenvalue weighted by Gasteiger charge is 2.34. The molecule has 0 amide bonds. The van der Waals surface area contributed by atoms with Gasteiger partial charge >= 0.3 is 0 Å². The van der Waals surface area contributed by atoms with Crippen LogP contribution in [0.5, 0.6) is 0 Å². The third-order valence-electron chi connectivity index (χ3n) is 3.68. The average Bonchev–Trinajstić information content (AvgIpc) is 3.05. The van der Waals surface area contributed by atoms with Crippen LogP contribution in [0.3, 0.4) is 0 Å². The van der Waals surface area contributed by atoms with Gasteiger partial charge in [0.2, 0.25) is 10.0 Å². The monoisotopic (exact) mass is 285 g/mol. The van der Waals surface area contributed by atoms with Crippen molar-refractivity contribution in [1.82, 2.24) is 14.6 Å². The van der Waals surface area contributed by atoms with E-state index in [1.165, 1.54) is 0 Å². The summed E-state index contributed by atoms with van der Waals surface area (Å²) in [7, 11) is -3.33. The fraction of sp³-hybridized carbons (Fsp3) is 0.692. The van der Waals surface area contributed by atoms with Gasteiger partial charge in [0.15, 0.2) is 0 Å². The van der Waals surface area contributed by atoms with Crippen LogP contribution >= 0.6 is 0 Å². The molecule has 1 fully saturated rings. The van der Waals surface area contributed by atoms with Crippen molar-refractivity contribution in [2.45, 2.75) is 50.6 Å². The van der Waals surface area contributed by atoms with Crippen LogP contribution in [-0.2, 0) is 16.6 Å². The average molecular weight is 285 g/mol. The molecule has 2 N–H and O–H groups in total. The Morgan fingerprint density at radius 3 is 2.95 bits per heavy atom. The molecule has 5 nitrogen and oxygen atoms in total. The first-order valence-corrected chi connectivity index (χ1v) is 8.43. The second-order valence-corrected chi connectivity index (χ2v) is 6.85. The van der Waals surface area contributed by atoms with Gasteiger partial charge in [-0.15, -0.1) is 0 Å². The first kappa shape index (κ1) is 14.6. The van der Waals surface area contributed by atoms with Crippen molar-refractivity contribution in [1.29, 1.82) is 0 Å². The molecule has 0 saturated carbocycles. The van der Waals surface area contributed by atoms with E-state index in [0.717, 1.165) is 31.5 Å². The molecule has 1 unspecified atom stereocenters. The number of rotatable bonds is 6. The van der Waals surface area contributed by atoms with Gasteiger partial charge in [0, 0.05) is 31.0 Å². The Bertz CT molecular complexity index is 510. The summed E-state index contributed by atoms with van der Waals surface area (Å²) in [5, 5.41) is 3.18. The molecule has 2 rings (SSSR count). The number of nitrogens with one attached hydrogen (secondary N) is 2. The minimum atomic E-state index is -3.33. The summed E-state index contributed by atoms with van der Waals surface area (Å²) in [5.74, 6) is 0. The largest absolute Gasteiger partial charge is 0.363 e. The lowest BCUT2D eigenvalue weighted by molar-refractivity contribution is 0.379. The highest BCUT2D eigenvalue weighted by Crippen LogP contribution is 2.27. The van der Waals surface area contributed by atoms with Gasteiger partial charge in [0.25, 0.3) is 0 Å². The summed E-state index contributed by atoms with van der Waals surface area (Å²) in [6.45, 7) is 6.26. The fourth-order valence-corrected chi connectivity index (χ4v) is 4.38. The van der Waals surface area contributed by atoms with Crippen molar-refractivity contribution in [3.63, 3.8) is 0 Å². The van der Waals surface area contributed by atoms with Crippen molar-refractivity contribution in [2.75, 3.05) is 13.1 Å². The lowest BCUT2D eigenvalue weighted by Crippen LogP contribution is -2.34. The Hall–Kier alpha value is -0.850. The summed E-state index contributed by atoms with van der Waals surface area (Å²) >= 11 is 0. The van der Waals surface area contributed by atoms with E-state index >= 15 is 0 Å². The summed E-state index contributed by atoms with van der Waals surface area (Å²) in [4.78, 5) is 3.42. The standard InChI is InChI=1S/C13H23N3O2S/c1-3-12-6-5-7-16(12)19(17,18)13-8-11(15-10-13)9-14-4-2/h8,10,12,14-15H,3-7,9H2,1-2H3. The Labute approximate surface area is 115 Å². The van der Waals surface area contributed by atoms with Gasteiger partial charge in [-0.05, 0) is 31.9 Å². The van der Waals surface area contributed by atoms with Crippen molar-refractivity contribution >= 4 is 10.0 Å². The van der Waals surface area contributed by atoms with Crippen LogP contribution in [0.15, 0.2) is 17.2 Å². The molecule has 1 atom stereocenters. The molecule has 108 valence electrons. The smallest absolute Gasteiger partial charge is 0.244 e. The molecule has 0 aliphatic carbocycles. The number of nitrogens with zero attached hydrogens (tertiary/aromatic N) is 1. The van der Waals surface area contributed by atoms with E-state index in [-0.39, 0.29) is 6.04 Å². The number of H-pyrrole nitrogens is 1. The van der Waals surface area contributed by atoms with E-state index in [2.05, 4.69) is 10.3 Å². The van der Waals surface area contributed by atoms with Gasteiger partial charge < -0.3 is 10.3 Å². The molecule has 0 bridgehead atoms. The van der Waals surface area contributed by atoms with Gasteiger partial charge in [-0.1, -0.05) is 13.8 Å². The van der Waals surface area contributed by atoms with Crippen LogP contribution in [0.1, 0.15) is 38.8 Å². The summed E-state index contributed by atoms with van der Waals surface area (Å²) in [6, 6.07) is 1.90. The maximum absolute atomic E-state index is 12.6. The molecule has 0 spiro atoms. The first-order chi connectivity index (χ1) is 9.09. The topological polar surface area (TPSA) is 65.2 Å². The number of hydrogen-bond acceptors (Lipinski definition) is 3. The van der Waals surface area contributed by atoms with Crippen LogP contribution in [0.2, 0.25) is 0 Å². The van der Waals surface area contributed by atoms with Crippen LogP contribution < -0.4 is 5.32 Å². The molecular weight excluding hydrogens is 262 g/mol. The predicted octanol–water partition coefficient (Wildman–Crippen LogP) is 1.69. The predicted molar refractivity (Wildman–Crippen MR) is 75.4 cm³/mol. The van der Waals surface area contributed by atoms with Crippen molar-refractivity contribution in [3.05, 3.63) is 18.0 Å². The van der Waals surface area contributed by atoms with Crippen LogP contribution in [0.25, 0.3) is 0 Å². The molecule has 1 saturated heterocycles. The molecule has 1 aliphatic rings. The van der Waals surface area contributed by atoms with Crippen molar-refractivity contribution in [2.24, 2.45) is 0 Å². The van der Waals surface area contributed by atoms with Crippen LogP contribution in [0.4, 0.5) is 0 Å². The zero-order chi connectivity index (χ0) is 13.9. The maximum Gasteiger partial charge on any atom is 0.244 e. The van der Waals surface area contributed by atoms with E-state index in [0.29, 0.717) is 18.0 Å². The lowest BCUT2D eigenvalue weighted by Gasteiger charge is -2.22. The number of aromatic amines is 1. The normalized spacial score (nSPS) is 21.1. The zero-order valence-corrected chi connectivity index (χ0v) is 12.5. The van der Waals surface area contributed by atoms with E-state index in [1.54, 1.807) is 16.6 Å². The Balaban J connectivity index is 2.17. The molecule has 2 heterocycles. The Morgan fingerprint density at radius 1 is 1.47 bits per heavy atom. The number of hydrogen-bond donors (Lipinski definition) is 2. The quantitative estimate of drug-likeness (QED) is 0.836. The Morgan fingerprint density at radius 2 is 2.26 bits per heavy atom. The van der Waals surface area contributed by atoms with Gasteiger partial charge in [-0.2, -0.15) is 4.31 Å².